The van der Waals surface area contributed by atoms with Crippen molar-refractivity contribution < 1.29 is 9.53 Å². The Labute approximate surface area is 199 Å². The first-order valence-electron chi connectivity index (χ1n) is 11.5. The Hall–Kier alpha value is -3.87. The number of fused-ring (bicyclic) bond motifs is 1. The molecule has 7 nitrogen and oxygen atoms in total. The summed E-state index contributed by atoms with van der Waals surface area (Å²) in [6, 6.07) is 19.2. The number of ether oxygens (including phenoxy) is 1. The highest BCUT2D eigenvalue weighted by atomic mass is 16.5. The van der Waals surface area contributed by atoms with Gasteiger partial charge in [0, 0.05) is 35.9 Å². The predicted octanol–water partition coefficient (Wildman–Crippen LogP) is 4.31. The minimum atomic E-state index is -0.192. The molecular weight excluding hydrogens is 428 g/mol. The van der Waals surface area contributed by atoms with Crippen LogP contribution < -0.4 is 15.6 Å². The number of hydrogen-bond donors (Lipinski definition) is 1. The van der Waals surface area contributed by atoms with E-state index in [1.807, 2.05) is 81.4 Å². The molecule has 2 heterocycles. The van der Waals surface area contributed by atoms with E-state index < -0.39 is 0 Å². The van der Waals surface area contributed by atoms with Crippen molar-refractivity contribution in [2.75, 3.05) is 7.11 Å². The number of carbonyl (C=O) groups excluding carboxylic acids is 1. The molecule has 0 aliphatic carbocycles. The minimum absolute atomic E-state index is 0.0894. The van der Waals surface area contributed by atoms with E-state index >= 15 is 0 Å². The first kappa shape index (κ1) is 23.3. The fourth-order valence-corrected chi connectivity index (χ4v) is 4.38. The number of methoxy groups -OCH3 is 1. The van der Waals surface area contributed by atoms with Gasteiger partial charge in [-0.1, -0.05) is 42.5 Å². The van der Waals surface area contributed by atoms with E-state index in [4.69, 9.17) is 4.74 Å². The fraction of sp³-hybridized carbons (Fsp3) is 0.296. The Kier molecular flexibility index (Phi) is 6.82. The number of para-hydroxylation sites is 1. The van der Waals surface area contributed by atoms with E-state index in [0.717, 1.165) is 22.5 Å². The van der Waals surface area contributed by atoms with Crippen LogP contribution in [0.5, 0.6) is 5.75 Å². The molecule has 1 N–H and O–H groups in total. The van der Waals surface area contributed by atoms with Crippen LogP contribution in [0.25, 0.3) is 16.9 Å². The molecule has 176 valence electrons. The maximum absolute atomic E-state index is 13.4. The number of nitrogens with zero attached hydrogens (tertiary/aromatic N) is 3. The fourth-order valence-electron chi connectivity index (χ4n) is 4.38. The predicted molar refractivity (Wildman–Crippen MR) is 133 cm³/mol. The van der Waals surface area contributed by atoms with Crippen molar-refractivity contribution >= 4 is 11.6 Å². The van der Waals surface area contributed by atoms with Crippen LogP contribution in [-0.2, 0) is 17.8 Å². The molecule has 0 spiro atoms. The summed E-state index contributed by atoms with van der Waals surface area (Å²) in [6.07, 6.45) is 0.570. The Morgan fingerprint density at radius 2 is 1.82 bits per heavy atom. The third kappa shape index (κ3) is 4.46. The zero-order valence-corrected chi connectivity index (χ0v) is 20.0. The van der Waals surface area contributed by atoms with Crippen LogP contribution in [0.15, 0.2) is 65.5 Å². The van der Waals surface area contributed by atoms with E-state index in [0.29, 0.717) is 30.0 Å². The average molecular weight is 459 g/mol. The van der Waals surface area contributed by atoms with Gasteiger partial charge in [-0.25, -0.2) is 0 Å². The Balaban J connectivity index is 1.63. The molecule has 2 aromatic heterocycles. The van der Waals surface area contributed by atoms with Gasteiger partial charge in [-0.2, -0.15) is 9.61 Å². The summed E-state index contributed by atoms with van der Waals surface area (Å²) in [5.41, 5.74) is 4.52. The second kappa shape index (κ2) is 9.95. The number of aryl methyl sites for hydroxylation is 1. The van der Waals surface area contributed by atoms with E-state index in [2.05, 4.69) is 15.0 Å². The maximum atomic E-state index is 13.4. The maximum Gasteiger partial charge on any atom is 0.277 e. The number of nitrogens with one attached hydrogen (secondary N) is 1. The van der Waals surface area contributed by atoms with Crippen LogP contribution in [0.3, 0.4) is 0 Å². The molecule has 0 aliphatic rings. The molecule has 4 rings (SSSR count). The summed E-state index contributed by atoms with van der Waals surface area (Å²) in [5.74, 6) is 0.607. The lowest BCUT2D eigenvalue weighted by atomic mass is 10.1. The van der Waals surface area contributed by atoms with E-state index in [1.165, 1.54) is 4.52 Å². The number of hydrogen-bond acceptors (Lipinski definition) is 4. The molecule has 0 unspecified atom stereocenters. The van der Waals surface area contributed by atoms with E-state index in [1.54, 1.807) is 7.11 Å². The van der Waals surface area contributed by atoms with Gasteiger partial charge in [0.15, 0.2) is 0 Å². The van der Waals surface area contributed by atoms with Crippen LogP contribution >= 0.6 is 0 Å². The smallest absolute Gasteiger partial charge is 0.277 e. The summed E-state index contributed by atoms with van der Waals surface area (Å²) in [6.45, 7) is 6.60. The van der Waals surface area contributed by atoms with Crippen LogP contribution in [0, 0.1) is 6.92 Å². The summed E-state index contributed by atoms with van der Waals surface area (Å²) in [4.78, 5) is 26.0. The summed E-state index contributed by atoms with van der Waals surface area (Å²) in [5, 5.41) is 7.64. The van der Waals surface area contributed by atoms with Crippen LogP contribution in [0.2, 0.25) is 0 Å². The van der Waals surface area contributed by atoms with Gasteiger partial charge >= 0.3 is 0 Å². The Morgan fingerprint density at radius 3 is 2.53 bits per heavy atom. The first-order chi connectivity index (χ1) is 16.4. The molecule has 0 bridgehead atoms. The van der Waals surface area contributed by atoms with Gasteiger partial charge in [-0.3, -0.25) is 9.59 Å². The first-order valence-corrected chi connectivity index (χ1v) is 11.5. The molecule has 0 aliphatic heterocycles. The molecule has 7 heteroatoms. The third-order valence-corrected chi connectivity index (χ3v) is 6.24. The second-order valence-electron chi connectivity index (χ2n) is 8.31. The van der Waals surface area contributed by atoms with E-state index in [9.17, 15) is 9.59 Å². The number of aromatic nitrogens is 3. The highest BCUT2D eigenvalue weighted by Crippen LogP contribution is 2.29. The molecule has 34 heavy (non-hydrogen) atoms. The molecule has 1 amide bonds. The molecular formula is C27H30N4O3. The highest BCUT2D eigenvalue weighted by molar-refractivity contribution is 5.76. The Bertz CT molecular complexity index is 1370. The van der Waals surface area contributed by atoms with Crippen molar-refractivity contribution in [3.05, 3.63) is 87.8 Å². The van der Waals surface area contributed by atoms with Crippen molar-refractivity contribution in [3.8, 4) is 17.0 Å². The van der Waals surface area contributed by atoms with Gasteiger partial charge in [0.05, 0.1) is 18.8 Å². The third-order valence-electron chi connectivity index (χ3n) is 6.24. The number of carbonyl (C=O) groups is 1. The van der Waals surface area contributed by atoms with Crippen molar-refractivity contribution in [3.63, 3.8) is 0 Å². The van der Waals surface area contributed by atoms with Crippen molar-refractivity contribution in [1.82, 2.24) is 19.5 Å². The van der Waals surface area contributed by atoms with Crippen molar-refractivity contribution in [2.24, 2.45) is 0 Å². The van der Waals surface area contributed by atoms with Gasteiger partial charge < -0.3 is 14.6 Å². The van der Waals surface area contributed by atoms with Crippen LogP contribution in [-0.4, -0.2) is 27.2 Å². The Morgan fingerprint density at radius 1 is 1.12 bits per heavy atom. The largest absolute Gasteiger partial charge is 0.496 e. The van der Waals surface area contributed by atoms with Crippen molar-refractivity contribution in [2.45, 2.75) is 46.2 Å². The number of amides is 1. The SMILES string of the molecule is CCn1c(C)c(CCC(=O)N[C@H](C)c2ccccc2)c(=O)n2nc(-c3ccccc3OC)cc12. The number of benzene rings is 2. The molecule has 0 saturated carbocycles. The molecule has 1 atom stereocenters. The van der Waals surface area contributed by atoms with Crippen LogP contribution in [0.4, 0.5) is 0 Å². The molecule has 4 aromatic rings. The highest BCUT2D eigenvalue weighted by Gasteiger charge is 2.19. The molecule has 0 fully saturated rings. The lowest BCUT2D eigenvalue weighted by Gasteiger charge is -2.16. The van der Waals surface area contributed by atoms with Gasteiger partial charge in [0.1, 0.15) is 11.4 Å². The quantitative estimate of drug-likeness (QED) is 0.427. The standard InChI is InChI=1S/C27H30N4O3/c1-5-30-19(3)21(15-16-25(32)28-18(2)20-11-7-6-8-12-20)27(33)31-26(30)17-23(29-31)22-13-9-10-14-24(22)34-4/h6-14,17-18H,5,15-16H2,1-4H3,(H,28,32)/t18-/m1/s1. The zero-order valence-electron chi connectivity index (χ0n) is 20.0. The summed E-state index contributed by atoms with van der Waals surface area (Å²) >= 11 is 0. The summed E-state index contributed by atoms with van der Waals surface area (Å²) in [7, 11) is 1.62. The zero-order chi connectivity index (χ0) is 24.2. The molecule has 0 saturated heterocycles. The monoisotopic (exact) mass is 458 g/mol. The minimum Gasteiger partial charge on any atom is -0.496 e. The van der Waals surface area contributed by atoms with Gasteiger partial charge in [-0.15, -0.1) is 0 Å². The van der Waals surface area contributed by atoms with Crippen molar-refractivity contribution in [1.29, 1.82) is 0 Å². The lowest BCUT2D eigenvalue weighted by molar-refractivity contribution is -0.121. The van der Waals surface area contributed by atoms with Gasteiger partial charge in [0.25, 0.3) is 5.56 Å². The van der Waals surface area contributed by atoms with Crippen LogP contribution in [0.1, 0.15) is 43.1 Å². The molecule has 2 aromatic carbocycles. The number of rotatable bonds is 8. The van der Waals surface area contributed by atoms with Gasteiger partial charge in [0.2, 0.25) is 5.91 Å². The molecule has 0 radical (unpaired) electrons. The van der Waals surface area contributed by atoms with Gasteiger partial charge in [-0.05, 0) is 44.9 Å². The second-order valence-corrected chi connectivity index (χ2v) is 8.31. The van der Waals surface area contributed by atoms with E-state index in [-0.39, 0.29) is 23.9 Å². The normalized spacial score (nSPS) is 12.0. The average Bonchev–Trinajstić information content (AvgIpc) is 3.30. The lowest BCUT2D eigenvalue weighted by Crippen LogP contribution is -2.29. The summed E-state index contributed by atoms with van der Waals surface area (Å²) < 4.78 is 8.99. The topological polar surface area (TPSA) is 77.6 Å².